The lowest BCUT2D eigenvalue weighted by atomic mass is 10.3. The number of methoxy groups -OCH3 is 1. The predicted molar refractivity (Wildman–Crippen MR) is 112 cm³/mol. The van der Waals surface area contributed by atoms with Crippen LogP contribution in [-0.4, -0.2) is 68.1 Å². The second-order valence-corrected chi connectivity index (χ2v) is 7.06. The van der Waals surface area contributed by atoms with Crippen molar-refractivity contribution in [1.82, 2.24) is 9.80 Å². The number of ether oxygens (including phenoxy) is 2. The van der Waals surface area contributed by atoms with Gasteiger partial charge in [-0.15, -0.1) is 0 Å². The summed E-state index contributed by atoms with van der Waals surface area (Å²) in [5, 5.41) is 3.32. The van der Waals surface area contributed by atoms with E-state index in [0.29, 0.717) is 42.6 Å². The third-order valence-electron chi connectivity index (χ3n) is 4.66. The van der Waals surface area contributed by atoms with E-state index in [0.717, 1.165) is 5.75 Å². The zero-order valence-corrected chi connectivity index (χ0v) is 17.0. The van der Waals surface area contributed by atoms with E-state index in [2.05, 4.69) is 5.32 Å². The molecule has 2 aromatic carbocycles. The number of hydrogen-bond acceptors (Lipinski definition) is 5. The highest BCUT2D eigenvalue weighted by molar-refractivity contribution is 6.33. The highest BCUT2D eigenvalue weighted by atomic mass is 35.5. The molecule has 1 aliphatic heterocycles. The van der Waals surface area contributed by atoms with Crippen molar-refractivity contribution in [2.75, 3.05) is 51.8 Å². The largest absolute Gasteiger partial charge is 0.497 e. The van der Waals surface area contributed by atoms with Gasteiger partial charge in [-0.3, -0.25) is 14.5 Å². The van der Waals surface area contributed by atoms with Gasteiger partial charge in [0.25, 0.3) is 5.91 Å². The first-order valence-electron chi connectivity index (χ1n) is 9.36. The van der Waals surface area contributed by atoms with E-state index in [9.17, 15) is 9.59 Å². The number of piperazine rings is 1. The van der Waals surface area contributed by atoms with Crippen LogP contribution in [0.4, 0.5) is 5.69 Å². The Morgan fingerprint density at radius 1 is 1.00 bits per heavy atom. The molecule has 1 fully saturated rings. The van der Waals surface area contributed by atoms with Gasteiger partial charge in [-0.25, -0.2) is 0 Å². The van der Waals surface area contributed by atoms with E-state index in [-0.39, 0.29) is 25.0 Å². The third kappa shape index (κ3) is 6.10. The minimum Gasteiger partial charge on any atom is -0.497 e. The van der Waals surface area contributed by atoms with Crippen molar-refractivity contribution in [2.45, 2.75) is 0 Å². The van der Waals surface area contributed by atoms with Gasteiger partial charge in [0.05, 0.1) is 24.4 Å². The van der Waals surface area contributed by atoms with Crippen LogP contribution >= 0.6 is 11.6 Å². The summed E-state index contributed by atoms with van der Waals surface area (Å²) in [6, 6.07) is 14.2. The fraction of sp³-hybridized carbons (Fsp3) is 0.333. The van der Waals surface area contributed by atoms with E-state index in [1.54, 1.807) is 48.4 Å². The Hall–Kier alpha value is -2.77. The normalized spacial score (nSPS) is 14.3. The molecule has 0 aliphatic carbocycles. The lowest BCUT2D eigenvalue weighted by Crippen LogP contribution is -2.51. The van der Waals surface area contributed by atoms with Crippen LogP contribution in [0.25, 0.3) is 0 Å². The van der Waals surface area contributed by atoms with E-state index in [1.165, 1.54) is 0 Å². The Bertz CT molecular complexity index is 836. The zero-order valence-electron chi connectivity index (χ0n) is 16.3. The van der Waals surface area contributed by atoms with Crippen molar-refractivity contribution in [3.05, 3.63) is 53.6 Å². The maximum atomic E-state index is 12.4. The minimum absolute atomic E-state index is 0.0146. The Labute approximate surface area is 175 Å². The van der Waals surface area contributed by atoms with Crippen LogP contribution in [0.1, 0.15) is 0 Å². The SMILES string of the molecule is COc1ccc(OCC(=O)N2CCN(CC(=O)Nc3ccccc3Cl)CC2)cc1. The molecule has 0 bridgehead atoms. The van der Waals surface area contributed by atoms with Gasteiger partial charge in [0.2, 0.25) is 5.91 Å². The Balaban J connectivity index is 1.39. The molecule has 8 heteroatoms. The van der Waals surface area contributed by atoms with Gasteiger partial charge in [-0.1, -0.05) is 23.7 Å². The summed E-state index contributed by atoms with van der Waals surface area (Å²) >= 11 is 6.06. The number of nitrogens with zero attached hydrogens (tertiary/aromatic N) is 2. The maximum Gasteiger partial charge on any atom is 0.260 e. The summed E-state index contributed by atoms with van der Waals surface area (Å²) in [5.74, 6) is 1.16. The molecule has 0 spiro atoms. The first-order chi connectivity index (χ1) is 14.0. The van der Waals surface area contributed by atoms with Crippen LogP contribution in [0, 0.1) is 0 Å². The van der Waals surface area contributed by atoms with Crippen molar-refractivity contribution < 1.29 is 19.1 Å². The lowest BCUT2D eigenvalue weighted by molar-refractivity contribution is -0.135. The minimum atomic E-state index is -0.124. The molecule has 154 valence electrons. The number of rotatable bonds is 7. The lowest BCUT2D eigenvalue weighted by Gasteiger charge is -2.34. The van der Waals surface area contributed by atoms with E-state index in [1.807, 2.05) is 17.0 Å². The molecule has 1 aliphatic rings. The zero-order chi connectivity index (χ0) is 20.6. The quantitative estimate of drug-likeness (QED) is 0.749. The molecule has 0 unspecified atom stereocenters. The van der Waals surface area contributed by atoms with Gasteiger partial charge in [0.1, 0.15) is 11.5 Å². The fourth-order valence-electron chi connectivity index (χ4n) is 3.02. The molecule has 0 aromatic heterocycles. The number of anilines is 1. The predicted octanol–water partition coefficient (Wildman–Crippen LogP) is 2.51. The molecule has 2 amide bonds. The molecular weight excluding hydrogens is 394 g/mol. The summed E-state index contributed by atoms with van der Waals surface area (Å²) < 4.78 is 10.6. The second-order valence-electron chi connectivity index (χ2n) is 6.65. The molecule has 0 saturated carbocycles. The summed E-state index contributed by atoms with van der Waals surface area (Å²) in [5.41, 5.74) is 0.601. The topological polar surface area (TPSA) is 71.1 Å². The molecule has 0 radical (unpaired) electrons. The van der Waals surface area contributed by atoms with Crippen LogP contribution in [-0.2, 0) is 9.59 Å². The molecule has 1 N–H and O–H groups in total. The fourth-order valence-corrected chi connectivity index (χ4v) is 3.20. The number of amides is 2. The standard InChI is InChI=1S/C21H24ClN3O4/c1-28-16-6-8-17(9-7-16)29-15-21(27)25-12-10-24(11-13-25)14-20(26)23-19-5-3-2-4-18(19)22/h2-9H,10-15H2,1H3,(H,23,26). The van der Waals surface area contributed by atoms with E-state index >= 15 is 0 Å². The van der Waals surface area contributed by atoms with Crippen molar-refractivity contribution >= 4 is 29.1 Å². The van der Waals surface area contributed by atoms with Gasteiger partial charge < -0.3 is 19.7 Å². The number of carbonyl (C=O) groups excluding carboxylic acids is 2. The van der Waals surface area contributed by atoms with E-state index in [4.69, 9.17) is 21.1 Å². The van der Waals surface area contributed by atoms with Crippen LogP contribution < -0.4 is 14.8 Å². The first-order valence-corrected chi connectivity index (χ1v) is 9.74. The molecule has 7 nitrogen and oxygen atoms in total. The van der Waals surface area contributed by atoms with Crippen molar-refractivity contribution in [3.63, 3.8) is 0 Å². The first kappa shape index (κ1) is 21.0. The Morgan fingerprint density at radius 2 is 1.66 bits per heavy atom. The van der Waals surface area contributed by atoms with Crippen LogP contribution in [0.2, 0.25) is 5.02 Å². The van der Waals surface area contributed by atoms with Crippen molar-refractivity contribution in [3.8, 4) is 11.5 Å². The van der Waals surface area contributed by atoms with Gasteiger partial charge in [0.15, 0.2) is 6.61 Å². The highest BCUT2D eigenvalue weighted by Crippen LogP contribution is 2.20. The van der Waals surface area contributed by atoms with Gasteiger partial charge in [-0.05, 0) is 36.4 Å². The number of nitrogens with one attached hydrogen (secondary N) is 1. The Morgan fingerprint density at radius 3 is 2.31 bits per heavy atom. The monoisotopic (exact) mass is 417 g/mol. The van der Waals surface area contributed by atoms with Gasteiger partial charge >= 0.3 is 0 Å². The van der Waals surface area contributed by atoms with Crippen LogP contribution in [0.3, 0.4) is 0 Å². The van der Waals surface area contributed by atoms with Crippen LogP contribution in [0.5, 0.6) is 11.5 Å². The van der Waals surface area contributed by atoms with Gasteiger partial charge in [-0.2, -0.15) is 0 Å². The smallest absolute Gasteiger partial charge is 0.260 e. The number of benzene rings is 2. The maximum absolute atomic E-state index is 12.4. The molecule has 1 heterocycles. The number of para-hydroxylation sites is 1. The molecular formula is C21H24ClN3O4. The average Bonchev–Trinajstić information content (AvgIpc) is 2.74. The summed E-state index contributed by atoms with van der Waals surface area (Å²) in [4.78, 5) is 28.4. The third-order valence-corrected chi connectivity index (χ3v) is 4.99. The molecule has 29 heavy (non-hydrogen) atoms. The number of hydrogen-bond donors (Lipinski definition) is 1. The molecule has 2 aromatic rings. The summed E-state index contributed by atoms with van der Waals surface area (Å²) in [6.07, 6.45) is 0. The Kier molecular flexibility index (Phi) is 7.32. The number of carbonyl (C=O) groups is 2. The highest BCUT2D eigenvalue weighted by Gasteiger charge is 2.23. The summed E-state index contributed by atoms with van der Waals surface area (Å²) in [6.45, 7) is 2.62. The summed E-state index contributed by atoms with van der Waals surface area (Å²) in [7, 11) is 1.60. The number of halogens is 1. The average molecular weight is 418 g/mol. The van der Waals surface area contributed by atoms with Gasteiger partial charge in [0, 0.05) is 26.2 Å². The van der Waals surface area contributed by atoms with Crippen LogP contribution in [0.15, 0.2) is 48.5 Å². The van der Waals surface area contributed by atoms with E-state index < -0.39 is 0 Å². The molecule has 0 atom stereocenters. The van der Waals surface area contributed by atoms with Crippen molar-refractivity contribution in [2.24, 2.45) is 0 Å². The molecule has 1 saturated heterocycles. The molecule has 3 rings (SSSR count). The second kappa shape index (κ2) is 10.1. The van der Waals surface area contributed by atoms with Crippen molar-refractivity contribution in [1.29, 1.82) is 0 Å².